The van der Waals surface area contributed by atoms with E-state index in [2.05, 4.69) is 20.4 Å². The van der Waals surface area contributed by atoms with E-state index in [0.717, 1.165) is 12.0 Å². The number of aryl methyl sites for hydroxylation is 1. The van der Waals surface area contributed by atoms with Crippen molar-refractivity contribution in [2.24, 2.45) is 0 Å². The molecular formula is C15H12ClN5O. The van der Waals surface area contributed by atoms with Crippen LogP contribution in [0.5, 0.6) is 0 Å². The summed E-state index contributed by atoms with van der Waals surface area (Å²) in [5.41, 5.74) is 1.98. The van der Waals surface area contributed by atoms with Crippen LogP contribution in [0.25, 0.3) is 22.8 Å². The molecular weight excluding hydrogens is 302 g/mol. The molecule has 1 N–H and O–H groups in total. The van der Waals surface area contributed by atoms with Crippen LogP contribution in [0.1, 0.15) is 24.8 Å². The van der Waals surface area contributed by atoms with Crippen LogP contribution in [0.15, 0.2) is 28.7 Å². The van der Waals surface area contributed by atoms with E-state index >= 15 is 0 Å². The summed E-state index contributed by atoms with van der Waals surface area (Å²) >= 11 is 5.90. The molecule has 0 spiro atoms. The number of oxazole rings is 1. The Labute approximate surface area is 131 Å². The van der Waals surface area contributed by atoms with Crippen LogP contribution in [0.3, 0.4) is 0 Å². The van der Waals surface area contributed by atoms with Gasteiger partial charge in [0, 0.05) is 17.0 Å². The predicted molar refractivity (Wildman–Crippen MR) is 81.0 cm³/mol. The molecule has 3 rings (SSSR count). The van der Waals surface area contributed by atoms with Crippen molar-refractivity contribution in [2.75, 3.05) is 0 Å². The minimum Gasteiger partial charge on any atom is -0.440 e. The maximum atomic E-state index is 9.10. The maximum Gasteiger partial charge on any atom is 0.226 e. The zero-order chi connectivity index (χ0) is 15.5. The highest BCUT2D eigenvalue weighted by molar-refractivity contribution is 6.30. The number of nitrogens with zero attached hydrogens (tertiary/aromatic N) is 4. The van der Waals surface area contributed by atoms with Crippen molar-refractivity contribution >= 4 is 11.6 Å². The number of hydrogen-bond acceptors (Lipinski definition) is 5. The molecule has 3 aromatic rings. The Hall–Kier alpha value is -2.65. The third-order valence-electron chi connectivity index (χ3n) is 3.14. The first-order valence-electron chi connectivity index (χ1n) is 6.79. The summed E-state index contributed by atoms with van der Waals surface area (Å²) in [7, 11) is 0. The molecule has 0 fully saturated rings. The number of nitrogens with one attached hydrogen (secondary N) is 1. The van der Waals surface area contributed by atoms with Gasteiger partial charge in [-0.2, -0.15) is 15.6 Å². The van der Waals surface area contributed by atoms with Crippen molar-refractivity contribution in [3.63, 3.8) is 0 Å². The molecule has 2 aromatic heterocycles. The Morgan fingerprint density at radius 3 is 2.68 bits per heavy atom. The average molecular weight is 314 g/mol. The molecule has 0 radical (unpaired) electrons. The summed E-state index contributed by atoms with van der Waals surface area (Å²) in [6.45, 7) is 2.04. The number of benzene rings is 1. The van der Waals surface area contributed by atoms with E-state index in [1.54, 1.807) is 12.1 Å². The van der Waals surface area contributed by atoms with Gasteiger partial charge in [-0.15, -0.1) is 5.10 Å². The van der Waals surface area contributed by atoms with E-state index < -0.39 is 0 Å². The van der Waals surface area contributed by atoms with Gasteiger partial charge in [-0.1, -0.05) is 18.5 Å². The van der Waals surface area contributed by atoms with E-state index in [4.69, 9.17) is 21.3 Å². The first kappa shape index (κ1) is 14.3. The Morgan fingerprint density at radius 2 is 2.00 bits per heavy atom. The lowest BCUT2D eigenvalue weighted by atomic mass is 10.1. The molecule has 7 heteroatoms. The molecule has 6 nitrogen and oxygen atoms in total. The number of nitriles is 1. The monoisotopic (exact) mass is 313 g/mol. The Balaban J connectivity index is 2.10. The van der Waals surface area contributed by atoms with Crippen molar-refractivity contribution in [1.29, 1.82) is 5.26 Å². The Morgan fingerprint density at radius 1 is 1.23 bits per heavy atom. The molecule has 1 aromatic carbocycles. The van der Waals surface area contributed by atoms with Gasteiger partial charge in [0.15, 0.2) is 11.4 Å². The molecule has 22 heavy (non-hydrogen) atoms. The molecule has 0 saturated carbocycles. The number of aromatic nitrogens is 4. The van der Waals surface area contributed by atoms with Crippen LogP contribution in [-0.2, 0) is 6.42 Å². The summed E-state index contributed by atoms with van der Waals surface area (Å²) in [5, 5.41) is 20.0. The van der Waals surface area contributed by atoms with Crippen LogP contribution < -0.4 is 0 Å². The van der Waals surface area contributed by atoms with Crippen molar-refractivity contribution < 1.29 is 4.42 Å². The average Bonchev–Trinajstić information content (AvgIpc) is 3.14. The standard InChI is InChI=1S/C15H12ClN5O/c1-2-3-12-14(13-11(8-17)19-21-20-13)18-15(22-12)9-4-6-10(16)7-5-9/h4-7H,2-3H2,1H3,(H,19,20,21). The lowest BCUT2D eigenvalue weighted by Gasteiger charge is -1.95. The second kappa shape index (κ2) is 6.00. The van der Waals surface area contributed by atoms with E-state index in [1.165, 1.54) is 0 Å². The molecule has 0 amide bonds. The second-order valence-electron chi connectivity index (χ2n) is 4.68. The zero-order valence-corrected chi connectivity index (χ0v) is 12.6. The minimum atomic E-state index is 0.202. The van der Waals surface area contributed by atoms with Crippen LogP contribution in [0.4, 0.5) is 0 Å². The van der Waals surface area contributed by atoms with Crippen LogP contribution in [0, 0.1) is 11.3 Å². The Bertz CT molecular complexity index is 828. The summed E-state index contributed by atoms with van der Waals surface area (Å²) in [4.78, 5) is 4.50. The summed E-state index contributed by atoms with van der Waals surface area (Å²) in [6, 6.07) is 9.22. The summed E-state index contributed by atoms with van der Waals surface area (Å²) < 4.78 is 5.86. The third-order valence-corrected chi connectivity index (χ3v) is 3.40. The zero-order valence-electron chi connectivity index (χ0n) is 11.8. The van der Waals surface area contributed by atoms with Gasteiger partial charge in [-0.3, -0.25) is 0 Å². The molecule has 0 atom stereocenters. The number of H-pyrrole nitrogens is 1. The fourth-order valence-corrected chi connectivity index (χ4v) is 2.25. The number of halogens is 1. The van der Waals surface area contributed by atoms with E-state index in [1.807, 2.05) is 25.1 Å². The quantitative estimate of drug-likeness (QED) is 0.794. The molecule has 0 aliphatic carbocycles. The fraction of sp³-hybridized carbons (Fsp3) is 0.200. The number of hydrogen-bond donors (Lipinski definition) is 1. The van der Waals surface area contributed by atoms with E-state index in [-0.39, 0.29) is 5.69 Å². The molecule has 110 valence electrons. The van der Waals surface area contributed by atoms with Gasteiger partial charge in [0.2, 0.25) is 5.89 Å². The van der Waals surface area contributed by atoms with Gasteiger partial charge < -0.3 is 4.42 Å². The summed E-state index contributed by atoms with van der Waals surface area (Å²) in [5.74, 6) is 1.17. The maximum absolute atomic E-state index is 9.10. The van der Waals surface area contributed by atoms with E-state index in [9.17, 15) is 0 Å². The highest BCUT2D eigenvalue weighted by Gasteiger charge is 2.21. The lowest BCUT2D eigenvalue weighted by molar-refractivity contribution is 0.515. The molecule has 0 bridgehead atoms. The van der Waals surface area contributed by atoms with Crippen LogP contribution in [-0.4, -0.2) is 20.4 Å². The fourth-order valence-electron chi connectivity index (χ4n) is 2.12. The molecule has 2 heterocycles. The van der Waals surface area contributed by atoms with E-state index in [0.29, 0.717) is 34.5 Å². The van der Waals surface area contributed by atoms with Crippen LogP contribution >= 0.6 is 11.6 Å². The topological polar surface area (TPSA) is 91.4 Å². The third kappa shape index (κ3) is 2.59. The van der Waals surface area contributed by atoms with Gasteiger partial charge in [0.25, 0.3) is 0 Å². The normalized spacial score (nSPS) is 10.6. The van der Waals surface area contributed by atoms with Gasteiger partial charge in [0.05, 0.1) is 0 Å². The van der Waals surface area contributed by atoms with Crippen molar-refractivity contribution in [1.82, 2.24) is 20.4 Å². The smallest absolute Gasteiger partial charge is 0.226 e. The van der Waals surface area contributed by atoms with Gasteiger partial charge >= 0.3 is 0 Å². The minimum absolute atomic E-state index is 0.202. The van der Waals surface area contributed by atoms with Gasteiger partial charge in [-0.05, 0) is 30.7 Å². The number of aromatic amines is 1. The largest absolute Gasteiger partial charge is 0.440 e. The predicted octanol–water partition coefficient (Wildman–Crippen LogP) is 3.60. The Kier molecular flexibility index (Phi) is 3.90. The SMILES string of the molecule is CCCc1oc(-c2ccc(Cl)cc2)nc1-c1n[nH]nc1C#N. The second-order valence-corrected chi connectivity index (χ2v) is 5.12. The van der Waals surface area contributed by atoms with Crippen molar-refractivity contribution in [3.05, 3.63) is 40.7 Å². The molecule has 0 saturated heterocycles. The lowest BCUT2D eigenvalue weighted by Crippen LogP contribution is -1.89. The molecule has 0 aliphatic heterocycles. The highest BCUT2D eigenvalue weighted by atomic mass is 35.5. The van der Waals surface area contributed by atoms with Crippen LogP contribution in [0.2, 0.25) is 5.02 Å². The van der Waals surface area contributed by atoms with Crippen molar-refractivity contribution in [2.45, 2.75) is 19.8 Å². The molecule has 0 unspecified atom stereocenters. The highest BCUT2D eigenvalue weighted by Crippen LogP contribution is 2.30. The van der Waals surface area contributed by atoms with Gasteiger partial charge in [0.1, 0.15) is 17.5 Å². The first-order valence-corrected chi connectivity index (χ1v) is 7.17. The van der Waals surface area contributed by atoms with Gasteiger partial charge in [-0.25, -0.2) is 4.98 Å². The molecule has 0 aliphatic rings. The number of rotatable bonds is 4. The summed E-state index contributed by atoms with van der Waals surface area (Å²) in [6.07, 6.45) is 1.59. The first-order chi connectivity index (χ1) is 10.7. The van der Waals surface area contributed by atoms with Crippen molar-refractivity contribution in [3.8, 4) is 28.9 Å².